The maximum atomic E-state index is 11.5. The molecule has 0 fully saturated rings. The first-order chi connectivity index (χ1) is 9.51. The highest BCUT2D eigenvalue weighted by Gasteiger charge is 2.14. The quantitative estimate of drug-likeness (QED) is 0.395. The maximum Gasteiger partial charge on any atom is 0.362 e. The molecule has 0 atom stereocenters. The topological polar surface area (TPSA) is 97.6 Å². The van der Waals surface area contributed by atoms with Gasteiger partial charge in [-0.1, -0.05) is 12.1 Å². The molecule has 0 aromatic heterocycles. The van der Waals surface area contributed by atoms with E-state index in [1.165, 1.54) is 26.2 Å². The Morgan fingerprint density at radius 2 is 1.80 bits per heavy atom. The summed E-state index contributed by atoms with van der Waals surface area (Å²) in [4.78, 5) is 22.9. The van der Waals surface area contributed by atoms with Gasteiger partial charge in [0.15, 0.2) is 0 Å². The largest absolute Gasteiger partial charge is 0.510 e. The minimum Gasteiger partial charge on any atom is -0.510 e. The third-order valence-electron chi connectivity index (χ3n) is 2.29. The summed E-state index contributed by atoms with van der Waals surface area (Å²) in [5.41, 5.74) is 0.0627. The molecule has 0 radical (unpaired) electrons. The summed E-state index contributed by atoms with van der Waals surface area (Å²) in [5.74, 6) is -1.75. The molecule has 1 aromatic carbocycles. The molecule has 1 N–H and O–H groups in total. The Bertz CT molecular complexity index is 574. The molecular formula is C13H14N2O5. The first-order valence-corrected chi connectivity index (χ1v) is 5.58. The van der Waals surface area contributed by atoms with Gasteiger partial charge in [0.2, 0.25) is 5.70 Å². The van der Waals surface area contributed by atoms with Crippen molar-refractivity contribution >= 4 is 17.6 Å². The molecule has 0 saturated carbocycles. The van der Waals surface area contributed by atoms with Crippen molar-refractivity contribution in [3.63, 3.8) is 0 Å². The number of hydrogen-bond acceptors (Lipinski definition) is 7. The number of carbonyl (C=O) groups is 2. The zero-order chi connectivity index (χ0) is 15.1. The zero-order valence-electron chi connectivity index (χ0n) is 11.3. The molecule has 0 spiro atoms. The van der Waals surface area contributed by atoms with E-state index in [1.807, 2.05) is 0 Å². The first kappa shape index (κ1) is 15.4. The first-order valence-electron chi connectivity index (χ1n) is 5.58. The molecule has 1 rings (SSSR count). The van der Waals surface area contributed by atoms with E-state index < -0.39 is 11.9 Å². The Morgan fingerprint density at radius 3 is 2.35 bits per heavy atom. The van der Waals surface area contributed by atoms with E-state index in [1.54, 1.807) is 12.1 Å². The van der Waals surface area contributed by atoms with Crippen molar-refractivity contribution < 1.29 is 24.2 Å². The van der Waals surface area contributed by atoms with E-state index in [9.17, 15) is 14.7 Å². The molecule has 0 saturated heterocycles. The van der Waals surface area contributed by atoms with Crippen LogP contribution in [0.1, 0.15) is 17.3 Å². The number of hydrogen-bond donors (Lipinski definition) is 1. The van der Waals surface area contributed by atoms with Gasteiger partial charge in [-0.15, -0.1) is 10.2 Å². The second-order valence-corrected chi connectivity index (χ2v) is 3.63. The van der Waals surface area contributed by atoms with Crippen LogP contribution < -0.4 is 0 Å². The van der Waals surface area contributed by atoms with Crippen LogP contribution in [0.4, 0.5) is 5.69 Å². The summed E-state index contributed by atoms with van der Waals surface area (Å²) >= 11 is 0. The molecule has 7 heteroatoms. The van der Waals surface area contributed by atoms with Crippen molar-refractivity contribution in [1.82, 2.24) is 0 Å². The van der Waals surface area contributed by atoms with Crippen LogP contribution in [-0.4, -0.2) is 31.3 Å². The van der Waals surface area contributed by atoms with E-state index >= 15 is 0 Å². The van der Waals surface area contributed by atoms with Crippen molar-refractivity contribution in [2.24, 2.45) is 10.2 Å². The van der Waals surface area contributed by atoms with E-state index in [0.717, 1.165) is 7.11 Å². The smallest absolute Gasteiger partial charge is 0.362 e. The molecule has 7 nitrogen and oxygen atoms in total. The Kier molecular flexibility index (Phi) is 5.40. The third kappa shape index (κ3) is 3.64. The summed E-state index contributed by atoms with van der Waals surface area (Å²) in [6, 6.07) is 6.32. The molecule has 0 amide bonds. The summed E-state index contributed by atoms with van der Waals surface area (Å²) in [5, 5.41) is 16.7. The number of ether oxygens (including phenoxy) is 2. The molecule has 106 valence electrons. The zero-order valence-corrected chi connectivity index (χ0v) is 11.3. The van der Waals surface area contributed by atoms with E-state index in [0.29, 0.717) is 0 Å². The number of allylic oxidation sites excluding steroid dienone is 1. The standard InChI is InChI=1S/C13H14N2O5/c1-8(16)11(13(18)20-3)15-14-10-7-5-4-6-9(10)12(17)19-2/h4-7,16H,1-3H3/b11-8+,15-14?. The summed E-state index contributed by atoms with van der Waals surface area (Å²) in [7, 11) is 2.40. The summed E-state index contributed by atoms with van der Waals surface area (Å²) in [6.45, 7) is 1.28. The molecule has 0 aliphatic heterocycles. The highest BCUT2D eigenvalue weighted by Crippen LogP contribution is 2.21. The van der Waals surface area contributed by atoms with Gasteiger partial charge in [-0.05, 0) is 19.1 Å². The van der Waals surface area contributed by atoms with Crippen molar-refractivity contribution in [2.45, 2.75) is 6.92 Å². The molecule has 0 bridgehead atoms. The number of carbonyl (C=O) groups excluding carboxylic acids is 2. The van der Waals surface area contributed by atoms with Crippen LogP contribution in [0.2, 0.25) is 0 Å². The number of aliphatic hydroxyl groups is 1. The van der Waals surface area contributed by atoms with Crippen LogP contribution in [0.3, 0.4) is 0 Å². The Labute approximate surface area is 115 Å². The minimum absolute atomic E-state index is 0.193. The lowest BCUT2D eigenvalue weighted by Gasteiger charge is -2.03. The van der Waals surface area contributed by atoms with Gasteiger partial charge < -0.3 is 14.6 Å². The lowest BCUT2D eigenvalue weighted by molar-refractivity contribution is -0.136. The fraction of sp³-hybridized carbons (Fsp3) is 0.231. The highest BCUT2D eigenvalue weighted by molar-refractivity contribution is 5.94. The molecule has 0 unspecified atom stereocenters. The molecular weight excluding hydrogens is 264 g/mol. The number of nitrogens with zero attached hydrogens (tertiary/aromatic N) is 2. The average molecular weight is 278 g/mol. The minimum atomic E-state index is -0.829. The number of aliphatic hydroxyl groups excluding tert-OH is 1. The molecule has 0 aliphatic rings. The molecule has 20 heavy (non-hydrogen) atoms. The molecule has 0 aliphatic carbocycles. The Balaban J connectivity index is 3.16. The Morgan fingerprint density at radius 1 is 1.15 bits per heavy atom. The second kappa shape index (κ2) is 7.03. The third-order valence-corrected chi connectivity index (χ3v) is 2.29. The predicted molar refractivity (Wildman–Crippen MR) is 69.6 cm³/mol. The van der Waals surface area contributed by atoms with Crippen LogP contribution in [0, 0.1) is 0 Å². The monoisotopic (exact) mass is 278 g/mol. The fourth-order valence-electron chi connectivity index (χ4n) is 1.30. The lowest BCUT2D eigenvalue weighted by atomic mass is 10.2. The normalized spacial score (nSPS) is 11.9. The highest BCUT2D eigenvalue weighted by atomic mass is 16.5. The summed E-state index contributed by atoms with van der Waals surface area (Å²) in [6.07, 6.45) is 0. The Hall–Kier alpha value is -2.70. The average Bonchev–Trinajstić information content (AvgIpc) is 2.46. The van der Waals surface area contributed by atoms with Crippen LogP contribution in [0.25, 0.3) is 0 Å². The number of rotatable bonds is 4. The van der Waals surface area contributed by atoms with Crippen molar-refractivity contribution in [3.8, 4) is 0 Å². The van der Waals surface area contributed by atoms with Gasteiger partial charge in [0.1, 0.15) is 11.4 Å². The van der Waals surface area contributed by atoms with Gasteiger partial charge in [0, 0.05) is 0 Å². The SMILES string of the molecule is COC(=O)/C(N=Nc1ccccc1C(=O)OC)=C(/C)O. The fourth-order valence-corrected chi connectivity index (χ4v) is 1.30. The van der Waals surface area contributed by atoms with Gasteiger partial charge in [-0.2, -0.15) is 0 Å². The van der Waals surface area contributed by atoms with Crippen LogP contribution in [0.15, 0.2) is 46.0 Å². The number of methoxy groups -OCH3 is 2. The molecule has 0 heterocycles. The number of benzene rings is 1. The van der Waals surface area contributed by atoms with Gasteiger partial charge in [-0.3, -0.25) is 0 Å². The van der Waals surface area contributed by atoms with Crippen LogP contribution >= 0.6 is 0 Å². The van der Waals surface area contributed by atoms with Crippen molar-refractivity contribution in [1.29, 1.82) is 0 Å². The van der Waals surface area contributed by atoms with Crippen molar-refractivity contribution in [3.05, 3.63) is 41.3 Å². The van der Waals surface area contributed by atoms with Gasteiger partial charge >= 0.3 is 11.9 Å². The second-order valence-electron chi connectivity index (χ2n) is 3.63. The van der Waals surface area contributed by atoms with Crippen LogP contribution in [0.5, 0.6) is 0 Å². The predicted octanol–water partition coefficient (Wildman–Crippen LogP) is 2.52. The van der Waals surface area contributed by atoms with Crippen LogP contribution in [-0.2, 0) is 14.3 Å². The summed E-state index contributed by atoms with van der Waals surface area (Å²) < 4.78 is 9.06. The van der Waals surface area contributed by atoms with Gasteiger partial charge in [0.25, 0.3) is 0 Å². The number of esters is 2. The van der Waals surface area contributed by atoms with Crippen molar-refractivity contribution in [2.75, 3.05) is 14.2 Å². The number of azo groups is 1. The van der Waals surface area contributed by atoms with Gasteiger partial charge in [0.05, 0.1) is 19.8 Å². The van der Waals surface area contributed by atoms with E-state index in [2.05, 4.69) is 19.7 Å². The van der Waals surface area contributed by atoms with E-state index in [4.69, 9.17) is 0 Å². The van der Waals surface area contributed by atoms with E-state index in [-0.39, 0.29) is 22.7 Å². The maximum absolute atomic E-state index is 11.5. The molecule has 1 aromatic rings. The van der Waals surface area contributed by atoms with Gasteiger partial charge in [-0.25, -0.2) is 9.59 Å². The lowest BCUT2D eigenvalue weighted by Crippen LogP contribution is -2.05.